The second-order valence-corrected chi connectivity index (χ2v) is 7.54. The molecule has 2 amide bonds. The minimum Gasteiger partial charge on any atom is -0.449 e. The van der Waals surface area contributed by atoms with Crippen molar-refractivity contribution < 1.29 is 28.0 Å². The molecule has 3 aromatic rings. The van der Waals surface area contributed by atoms with Crippen molar-refractivity contribution in [2.45, 2.75) is 39.3 Å². The maximum atomic E-state index is 13.8. The van der Waals surface area contributed by atoms with E-state index >= 15 is 0 Å². The van der Waals surface area contributed by atoms with Crippen LogP contribution >= 0.6 is 0 Å². The van der Waals surface area contributed by atoms with E-state index in [0.29, 0.717) is 16.7 Å². The average molecular weight is 437 g/mol. The third-order valence-corrected chi connectivity index (χ3v) is 5.19. The van der Waals surface area contributed by atoms with Crippen LogP contribution in [0, 0.1) is 12.7 Å². The molecule has 1 unspecified atom stereocenters. The van der Waals surface area contributed by atoms with Crippen LogP contribution in [0.25, 0.3) is 11.4 Å². The molecule has 2 heterocycles. The van der Waals surface area contributed by atoms with Gasteiger partial charge in [0.25, 0.3) is 5.89 Å². The molecule has 1 atom stereocenters. The van der Waals surface area contributed by atoms with Gasteiger partial charge in [0.1, 0.15) is 5.82 Å². The molecule has 0 spiro atoms. The number of aryl methyl sites for hydroxylation is 1. The van der Waals surface area contributed by atoms with E-state index in [-0.39, 0.29) is 48.7 Å². The highest BCUT2D eigenvalue weighted by Crippen LogP contribution is 2.23. The number of likely N-dealkylation sites (tertiary alicyclic amines) is 1. The summed E-state index contributed by atoms with van der Waals surface area (Å²) in [6, 6.07) is 11.0. The SMILES string of the molecule is Cc1ccc(-c2noc(C(C)OC(=O)c3ccc(CN4C(=O)CCC4=O)cc3)n2)cc1F. The zero-order valence-corrected chi connectivity index (χ0v) is 17.5. The van der Waals surface area contributed by atoms with Gasteiger partial charge in [-0.05, 0) is 43.2 Å². The Labute approximate surface area is 183 Å². The monoisotopic (exact) mass is 437 g/mol. The number of esters is 1. The zero-order valence-electron chi connectivity index (χ0n) is 17.5. The van der Waals surface area contributed by atoms with Gasteiger partial charge in [-0.1, -0.05) is 29.4 Å². The van der Waals surface area contributed by atoms with Gasteiger partial charge in [-0.3, -0.25) is 14.5 Å². The largest absolute Gasteiger partial charge is 0.449 e. The number of nitrogens with zero attached hydrogens (tertiary/aromatic N) is 3. The molecular weight excluding hydrogens is 417 g/mol. The molecule has 1 aliphatic heterocycles. The van der Waals surface area contributed by atoms with Gasteiger partial charge in [0, 0.05) is 18.4 Å². The molecule has 1 fully saturated rings. The van der Waals surface area contributed by atoms with Crippen LogP contribution in [0.15, 0.2) is 47.0 Å². The van der Waals surface area contributed by atoms with Gasteiger partial charge in [0.05, 0.1) is 12.1 Å². The van der Waals surface area contributed by atoms with E-state index in [1.807, 2.05) is 0 Å². The molecule has 0 radical (unpaired) electrons. The van der Waals surface area contributed by atoms with Crippen LogP contribution in [-0.4, -0.2) is 32.8 Å². The fourth-order valence-corrected chi connectivity index (χ4v) is 3.26. The van der Waals surface area contributed by atoms with E-state index in [0.717, 1.165) is 5.56 Å². The van der Waals surface area contributed by atoms with Gasteiger partial charge < -0.3 is 9.26 Å². The number of ether oxygens (including phenoxy) is 1. The van der Waals surface area contributed by atoms with Crippen LogP contribution in [0.4, 0.5) is 4.39 Å². The number of halogens is 1. The Morgan fingerprint density at radius 1 is 1.16 bits per heavy atom. The van der Waals surface area contributed by atoms with Crippen molar-refractivity contribution >= 4 is 17.8 Å². The molecule has 0 N–H and O–H groups in total. The van der Waals surface area contributed by atoms with Crippen molar-refractivity contribution in [2.24, 2.45) is 0 Å². The molecule has 1 saturated heterocycles. The lowest BCUT2D eigenvalue weighted by atomic mass is 10.1. The minimum absolute atomic E-state index is 0.0806. The van der Waals surface area contributed by atoms with Crippen LogP contribution in [0.1, 0.15) is 53.2 Å². The predicted octanol–water partition coefficient (Wildman–Crippen LogP) is 3.75. The van der Waals surface area contributed by atoms with Crippen molar-refractivity contribution in [2.75, 3.05) is 0 Å². The number of aromatic nitrogens is 2. The average Bonchev–Trinajstić information content (AvgIpc) is 3.39. The number of hydrogen-bond donors (Lipinski definition) is 0. The summed E-state index contributed by atoms with van der Waals surface area (Å²) in [4.78, 5) is 41.3. The lowest BCUT2D eigenvalue weighted by Gasteiger charge is -2.14. The number of carbonyl (C=O) groups excluding carboxylic acids is 3. The van der Waals surface area contributed by atoms with E-state index in [1.54, 1.807) is 50.2 Å². The lowest BCUT2D eigenvalue weighted by molar-refractivity contribution is -0.139. The molecule has 1 aromatic heterocycles. The summed E-state index contributed by atoms with van der Waals surface area (Å²) in [6.07, 6.45) is -0.354. The summed E-state index contributed by atoms with van der Waals surface area (Å²) < 4.78 is 24.3. The standard InChI is InChI=1S/C23H20FN3O5/c1-13-3-6-17(11-18(13)24)21-25-22(32-26-21)14(2)31-23(30)16-7-4-15(5-8-16)12-27-19(28)9-10-20(27)29/h3-8,11,14H,9-10,12H2,1-2H3. The molecule has 4 rings (SSSR count). The molecule has 0 saturated carbocycles. The van der Waals surface area contributed by atoms with Crippen molar-refractivity contribution in [3.05, 3.63) is 70.9 Å². The molecule has 9 heteroatoms. The van der Waals surface area contributed by atoms with Gasteiger partial charge in [-0.25, -0.2) is 9.18 Å². The van der Waals surface area contributed by atoms with Crippen molar-refractivity contribution in [1.29, 1.82) is 0 Å². The van der Waals surface area contributed by atoms with Gasteiger partial charge >= 0.3 is 5.97 Å². The smallest absolute Gasteiger partial charge is 0.338 e. The van der Waals surface area contributed by atoms with Crippen LogP contribution < -0.4 is 0 Å². The van der Waals surface area contributed by atoms with E-state index in [2.05, 4.69) is 10.1 Å². The highest BCUT2D eigenvalue weighted by molar-refractivity contribution is 6.01. The predicted molar refractivity (Wildman–Crippen MR) is 109 cm³/mol. The third kappa shape index (κ3) is 4.41. The number of imide groups is 1. The van der Waals surface area contributed by atoms with E-state index in [9.17, 15) is 18.8 Å². The van der Waals surface area contributed by atoms with Gasteiger partial charge in [0.2, 0.25) is 17.6 Å². The maximum absolute atomic E-state index is 13.8. The Morgan fingerprint density at radius 3 is 2.50 bits per heavy atom. The first-order chi connectivity index (χ1) is 15.3. The molecule has 1 aliphatic rings. The summed E-state index contributed by atoms with van der Waals surface area (Å²) >= 11 is 0. The Morgan fingerprint density at radius 2 is 1.84 bits per heavy atom. The maximum Gasteiger partial charge on any atom is 0.338 e. The van der Waals surface area contributed by atoms with Crippen LogP contribution in [-0.2, 0) is 20.9 Å². The fraction of sp³-hybridized carbons (Fsp3) is 0.261. The highest BCUT2D eigenvalue weighted by Gasteiger charge is 2.28. The summed E-state index contributed by atoms with van der Waals surface area (Å²) in [5, 5.41) is 3.83. The van der Waals surface area contributed by atoms with Gasteiger partial charge in [-0.2, -0.15) is 4.98 Å². The number of hydrogen-bond acceptors (Lipinski definition) is 7. The molecule has 0 aliphatic carbocycles. The second kappa shape index (κ2) is 8.70. The Bertz CT molecular complexity index is 1170. The van der Waals surface area contributed by atoms with Crippen LogP contribution in [0.5, 0.6) is 0 Å². The molecule has 2 aromatic carbocycles. The van der Waals surface area contributed by atoms with Gasteiger partial charge in [0.15, 0.2) is 6.10 Å². The van der Waals surface area contributed by atoms with Crippen molar-refractivity contribution in [1.82, 2.24) is 15.0 Å². The first-order valence-electron chi connectivity index (χ1n) is 10.0. The van der Waals surface area contributed by atoms with Crippen molar-refractivity contribution in [3.8, 4) is 11.4 Å². The highest BCUT2D eigenvalue weighted by atomic mass is 19.1. The summed E-state index contributed by atoms with van der Waals surface area (Å²) in [5.41, 5.74) is 1.97. The number of rotatable bonds is 6. The summed E-state index contributed by atoms with van der Waals surface area (Å²) in [6.45, 7) is 3.41. The first-order valence-corrected chi connectivity index (χ1v) is 10.0. The zero-order chi connectivity index (χ0) is 22.8. The first kappa shape index (κ1) is 21.4. The van der Waals surface area contributed by atoms with Gasteiger partial charge in [-0.15, -0.1) is 0 Å². The Balaban J connectivity index is 1.39. The summed E-state index contributed by atoms with van der Waals surface area (Å²) in [5.74, 6) is -1.10. The molecule has 164 valence electrons. The third-order valence-electron chi connectivity index (χ3n) is 5.19. The Hall–Kier alpha value is -3.88. The minimum atomic E-state index is -0.821. The molecule has 8 nitrogen and oxygen atoms in total. The number of carbonyl (C=O) groups is 3. The topological polar surface area (TPSA) is 103 Å². The molecule has 0 bridgehead atoms. The second-order valence-electron chi connectivity index (χ2n) is 7.54. The quantitative estimate of drug-likeness (QED) is 0.427. The van der Waals surface area contributed by atoms with E-state index in [4.69, 9.17) is 9.26 Å². The van der Waals surface area contributed by atoms with Crippen molar-refractivity contribution in [3.63, 3.8) is 0 Å². The number of benzene rings is 2. The van der Waals surface area contributed by atoms with Crippen LogP contribution in [0.3, 0.4) is 0 Å². The molecule has 32 heavy (non-hydrogen) atoms. The van der Waals surface area contributed by atoms with E-state index < -0.39 is 12.1 Å². The summed E-state index contributed by atoms with van der Waals surface area (Å²) in [7, 11) is 0. The lowest BCUT2D eigenvalue weighted by Crippen LogP contribution is -2.28. The number of amides is 2. The van der Waals surface area contributed by atoms with E-state index in [1.165, 1.54) is 11.0 Å². The fourth-order valence-electron chi connectivity index (χ4n) is 3.26. The Kier molecular flexibility index (Phi) is 5.81. The normalized spacial score (nSPS) is 14.7. The molecular formula is C23H20FN3O5. The van der Waals surface area contributed by atoms with Crippen LogP contribution in [0.2, 0.25) is 0 Å².